The van der Waals surface area contributed by atoms with Crippen LogP contribution in [0.1, 0.15) is 24.2 Å². The van der Waals surface area contributed by atoms with Crippen LogP contribution < -0.4 is 0 Å². The molecule has 0 fully saturated rings. The third-order valence-corrected chi connectivity index (χ3v) is 4.87. The van der Waals surface area contributed by atoms with Gasteiger partial charge in [0.1, 0.15) is 5.69 Å². The summed E-state index contributed by atoms with van der Waals surface area (Å²) >= 11 is 1.73. The number of hydrogen-bond donors (Lipinski definition) is 0. The predicted molar refractivity (Wildman–Crippen MR) is 87.4 cm³/mol. The van der Waals surface area contributed by atoms with Gasteiger partial charge < -0.3 is 4.57 Å². The van der Waals surface area contributed by atoms with Crippen molar-refractivity contribution in [2.75, 3.05) is 0 Å². The molecule has 2 aromatic heterocycles. The van der Waals surface area contributed by atoms with E-state index >= 15 is 0 Å². The zero-order valence-corrected chi connectivity index (χ0v) is 13.4. The fourth-order valence-corrected chi connectivity index (χ4v) is 3.28. The fourth-order valence-electron chi connectivity index (χ4n) is 2.24. The zero-order valence-electron chi connectivity index (χ0n) is 12.5. The van der Waals surface area contributed by atoms with Gasteiger partial charge in [-0.3, -0.25) is 4.98 Å². The Morgan fingerprint density at radius 1 is 1.14 bits per heavy atom. The molecule has 0 radical (unpaired) electrons. The molecule has 5 nitrogen and oxygen atoms in total. The van der Waals surface area contributed by atoms with Crippen molar-refractivity contribution in [2.45, 2.75) is 23.8 Å². The van der Waals surface area contributed by atoms with E-state index in [4.69, 9.17) is 0 Å². The molecule has 0 bridgehead atoms. The predicted octanol–water partition coefficient (Wildman–Crippen LogP) is 3.52. The molecule has 1 atom stereocenters. The van der Waals surface area contributed by atoms with Gasteiger partial charge in [-0.15, -0.1) is 10.2 Å². The fraction of sp³-hybridized carbons (Fsp3) is 0.250. The Kier molecular flexibility index (Phi) is 4.48. The van der Waals surface area contributed by atoms with Crippen LogP contribution in [0.15, 0.2) is 54.1 Å². The number of aromatic nitrogens is 5. The van der Waals surface area contributed by atoms with Crippen molar-refractivity contribution >= 4 is 11.8 Å². The molecule has 0 N–H and O–H groups in total. The number of thioether (sulfide) groups is 1. The second-order valence-electron chi connectivity index (χ2n) is 4.88. The maximum Gasteiger partial charge on any atom is 0.191 e. The molecule has 1 unspecified atom stereocenters. The van der Waals surface area contributed by atoms with Crippen LogP contribution in [0.3, 0.4) is 0 Å². The van der Waals surface area contributed by atoms with Crippen molar-refractivity contribution in [3.05, 3.63) is 54.5 Å². The summed E-state index contributed by atoms with van der Waals surface area (Å²) < 4.78 is 1.97. The second kappa shape index (κ2) is 6.70. The summed E-state index contributed by atoms with van der Waals surface area (Å²) in [4.78, 5) is 8.37. The summed E-state index contributed by atoms with van der Waals surface area (Å²) in [5, 5.41) is 9.82. The third kappa shape index (κ3) is 3.01. The average Bonchev–Trinajstić information content (AvgIpc) is 2.95. The van der Waals surface area contributed by atoms with Crippen molar-refractivity contribution in [1.29, 1.82) is 0 Å². The van der Waals surface area contributed by atoms with E-state index < -0.39 is 0 Å². The number of rotatable bonds is 5. The van der Waals surface area contributed by atoms with Gasteiger partial charge in [0.2, 0.25) is 0 Å². The molecular weight excluding hydrogens is 294 g/mol. The zero-order chi connectivity index (χ0) is 15.4. The Bertz CT molecular complexity index is 727. The van der Waals surface area contributed by atoms with E-state index in [1.807, 2.05) is 17.7 Å². The van der Waals surface area contributed by atoms with Crippen LogP contribution in [-0.4, -0.2) is 24.7 Å². The molecule has 0 amide bonds. The SMILES string of the molecule is CCC(Sc1nnc(-c2cnccn2)n1C)c1ccccc1. The molecule has 0 spiro atoms. The Labute approximate surface area is 133 Å². The van der Waals surface area contributed by atoms with Crippen molar-refractivity contribution in [1.82, 2.24) is 24.7 Å². The van der Waals surface area contributed by atoms with Crippen molar-refractivity contribution in [3.63, 3.8) is 0 Å². The largest absolute Gasteiger partial charge is 0.304 e. The first kappa shape index (κ1) is 14.7. The van der Waals surface area contributed by atoms with Gasteiger partial charge in [0, 0.05) is 24.7 Å². The molecule has 112 valence electrons. The van der Waals surface area contributed by atoms with Crippen LogP contribution >= 0.6 is 11.8 Å². The Hall–Kier alpha value is -2.21. The smallest absolute Gasteiger partial charge is 0.191 e. The minimum Gasteiger partial charge on any atom is -0.304 e. The number of hydrogen-bond acceptors (Lipinski definition) is 5. The first-order chi connectivity index (χ1) is 10.8. The van der Waals surface area contributed by atoms with Crippen molar-refractivity contribution in [2.24, 2.45) is 7.05 Å². The standard InChI is InChI=1S/C16H17N5S/c1-3-14(12-7-5-4-6-8-12)22-16-20-19-15(21(16)2)13-11-17-9-10-18-13/h4-11,14H,3H2,1-2H3. The van der Waals surface area contributed by atoms with Crippen LogP contribution in [0.2, 0.25) is 0 Å². The molecule has 3 rings (SSSR count). The summed E-state index contributed by atoms with van der Waals surface area (Å²) in [6, 6.07) is 10.5. The summed E-state index contributed by atoms with van der Waals surface area (Å²) in [5.74, 6) is 0.735. The first-order valence-electron chi connectivity index (χ1n) is 7.17. The van der Waals surface area contributed by atoms with Gasteiger partial charge in [-0.1, -0.05) is 49.0 Å². The average molecular weight is 311 g/mol. The molecule has 0 saturated heterocycles. The van der Waals surface area contributed by atoms with Gasteiger partial charge in [-0.2, -0.15) is 0 Å². The first-order valence-corrected chi connectivity index (χ1v) is 8.05. The monoisotopic (exact) mass is 311 g/mol. The third-order valence-electron chi connectivity index (χ3n) is 3.42. The van der Waals surface area contributed by atoms with Gasteiger partial charge >= 0.3 is 0 Å². The van der Waals surface area contributed by atoms with Crippen LogP contribution in [-0.2, 0) is 7.05 Å². The van der Waals surface area contributed by atoms with Gasteiger partial charge in [0.15, 0.2) is 11.0 Å². The molecule has 0 saturated carbocycles. The molecule has 6 heteroatoms. The number of nitrogens with zero attached hydrogens (tertiary/aromatic N) is 5. The molecule has 22 heavy (non-hydrogen) atoms. The maximum atomic E-state index is 4.31. The minimum absolute atomic E-state index is 0.360. The minimum atomic E-state index is 0.360. The van der Waals surface area contributed by atoms with E-state index in [-0.39, 0.29) is 0 Å². The molecule has 0 aliphatic rings. The molecule has 3 aromatic rings. The highest BCUT2D eigenvalue weighted by Gasteiger charge is 2.17. The van der Waals surface area contributed by atoms with E-state index in [2.05, 4.69) is 51.4 Å². The highest BCUT2D eigenvalue weighted by atomic mass is 32.2. The summed E-state index contributed by atoms with van der Waals surface area (Å²) in [6.07, 6.45) is 6.04. The summed E-state index contributed by atoms with van der Waals surface area (Å²) in [7, 11) is 1.96. The van der Waals surface area contributed by atoms with E-state index in [0.29, 0.717) is 5.25 Å². The van der Waals surface area contributed by atoms with Gasteiger partial charge in [-0.05, 0) is 12.0 Å². The molecule has 0 aliphatic carbocycles. The summed E-state index contributed by atoms with van der Waals surface area (Å²) in [5.41, 5.74) is 2.04. The Balaban J connectivity index is 1.86. The van der Waals surface area contributed by atoms with E-state index in [9.17, 15) is 0 Å². The molecule has 1 aromatic carbocycles. The molecule has 2 heterocycles. The lowest BCUT2D eigenvalue weighted by molar-refractivity contribution is 0.780. The normalized spacial score (nSPS) is 12.3. The highest BCUT2D eigenvalue weighted by molar-refractivity contribution is 7.99. The van der Waals surface area contributed by atoms with E-state index in [1.165, 1.54) is 5.56 Å². The van der Waals surface area contributed by atoms with E-state index in [0.717, 1.165) is 23.1 Å². The van der Waals surface area contributed by atoms with Crippen LogP contribution in [0.4, 0.5) is 0 Å². The van der Waals surface area contributed by atoms with Crippen molar-refractivity contribution < 1.29 is 0 Å². The highest BCUT2D eigenvalue weighted by Crippen LogP contribution is 2.37. The lowest BCUT2D eigenvalue weighted by Crippen LogP contribution is -1.99. The maximum absolute atomic E-state index is 4.31. The van der Waals surface area contributed by atoms with Crippen LogP contribution in [0.25, 0.3) is 11.5 Å². The van der Waals surface area contributed by atoms with Crippen molar-refractivity contribution in [3.8, 4) is 11.5 Å². The van der Waals surface area contributed by atoms with Crippen LogP contribution in [0.5, 0.6) is 0 Å². The van der Waals surface area contributed by atoms with Gasteiger partial charge in [0.05, 0.1) is 6.20 Å². The topological polar surface area (TPSA) is 56.5 Å². The summed E-state index contributed by atoms with van der Waals surface area (Å²) in [6.45, 7) is 2.19. The molecule has 0 aliphatic heterocycles. The van der Waals surface area contributed by atoms with Crippen LogP contribution in [0, 0.1) is 0 Å². The molecular formula is C16H17N5S. The lowest BCUT2D eigenvalue weighted by atomic mass is 10.1. The Morgan fingerprint density at radius 3 is 2.64 bits per heavy atom. The number of benzene rings is 1. The quantitative estimate of drug-likeness (QED) is 0.675. The second-order valence-corrected chi connectivity index (χ2v) is 6.05. The van der Waals surface area contributed by atoms with Gasteiger partial charge in [0.25, 0.3) is 0 Å². The van der Waals surface area contributed by atoms with E-state index in [1.54, 1.807) is 30.4 Å². The lowest BCUT2D eigenvalue weighted by Gasteiger charge is -2.14. The van der Waals surface area contributed by atoms with Gasteiger partial charge in [-0.25, -0.2) is 4.98 Å². The Morgan fingerprint density at radius 2 is 1.95 bits per heavy atom.